The number of carboxylic acids is 1. The molecular weight excluding hydrogens is 206 g/mol. The Labute approximate surface area is 94.5 Å². The lowest BCUT2D eigenvalue weighted by molar-refractivity contribution is 0.0694. The molecule has 0 radical (unpaired) electrons. The number of carbonyl (C=O) groups is 1. The maximum Gasteiger partial charge on any atom is 0.341 e. The summed E-state index contributed by atoms with van der Waals surface area (Å²) in [5.74, 6) is -1.16. The van der Waals surface area contributed by atoms with Crippen molar-refractivity contribution in [1.82, 2.24) is 4.57 Å². The molecule has 1 aromatic rings. The van der Waals surface area contributed by atoms with E-state index < -0.39 is 11.4 Å². The van der Waals surface area contributed by atoms with Gasteiger partial charge in [-0.3, -0.25) is 4.79 Å². The van der Waals surface area contributed by atoms with Gasteiger partial charge in [0, 0.05) is 24.5 Å². The average molecular weight is 223 g/mol. The van der Waals surface area contributed by atoms with Gasteiger partial charge in [0.05, 0.1) is 0 Å². The highest BCUT2D eigenvalue weighted by Crippen LogP contribution is 2.04. The number of hydrogen-bond acceptors (Lipinski definition) is 2. The zero-order chi connectivity index (χ0) is 12.1. The summed E-state index contributed by atoms with van der Waals surface area (Å²) in [5.41, 5.74) is 0.241. The van der Waals surface area contributed by atoms with Crippen molar-refractivity contribution in [3.05, 3.63) is 33.7 Å². The number of rotatable bonds is 5. The molecule has 1 heterocycles. The Balaban J connectivity index is 2.96. The van der Waals surface area contributed by atoms with Crippen molar-refractivity contribution in [1.29, 1.82) is 0 Å². The van der Waals surface area contributed by atoms with E-state index in [1.807, 2.05) is 11.5 Å². The van der Waals surface area contributed by atoms with Crippen molar-refractivity contribution in [3.63, 3.8) is 0 Å². The predicted octanol–water partition coefficient (Wildman–Crippen LogP) is 2.05. The minimum Gasteiger partial charge on any atom is -0.477 e. The van der Waals surface area contributed by atoms with Crippen LogP contribution in [0.1, 0.15) is 42.2 Å². The first-order valence-corrected chi connectivity index (χ1v) is 5.50. The molecule has 0 saturated heterocycles. The number of aryl methyl sites for hydroxylation is 2. The van der Waals surface area contributed by atoms with Crippen LogP contribution in [0.4, 0.5) is 0 Å². The predicted molar refractivity (Wildman–Crippen MR) is 61.9 cm³/mol. The smallest absolute Gasteiger partial charge is 0.341 e. The molecule has 88 valence electrons. The van der Waals surface area contributed by atoms with Gasteiger partial charge in [-0.15, -0.1) is 0 Å². The molecule has 0 aromatic carbocycles. The molecule has 4 nitrogen and oxygen atoms in total. The van der Waals surface area contributed by atoms with Gasteiger partial charge in [-0.05, 0) is 13.3 Å². The minimum atomic E-state index is -1.16. The Morgan fingerprint density at radius 3 is 2.69 bits per heavy atom. The molecule has 0 saturated carbocycles. The van der Waals surface area contributed by atoms with Gasteiger partial charge in [-0.1, -0.05) is 19.8 Å². The second-order valence-corrected chi connectivity index (χ2v) is 3.90. The molecule has 0 amide bonds. The van der Waals surface area contributed by atoms with E-state index in [1.165, 1.54) is 12.3 Å². The van der Waals surface area contributed by atoms with Crippen molar-refractivity contribution >= 4 is 5.97 Å². The first-order valence-electron chi connectivity index (χ1n) is 5.50. The number of hydrogen-bond donors (Lipinski definition) is 1. The highest BCUT2D eigenvalue weighted by Gasteiger charge is 2.10. The average Bonchev–Trinajstić information content (AvgIpc) is 2.21. The summed E-state index contributed by atoms with van der Waals surface area (Å²) in [6, 6.07) is 1.38. The summed E-state index contributed by atoms with van der Waals surface area (Å²) < 4.78 is 1.83. The third-order valence-electron chi connectivity index (χ3n) is 2.58. The first-order chi connectivity index (χ1) is 7.56. The van der Waals surface area contributed by atoms with E-state index in [2.05, 4.69) is 6.92 Å². The molecule has 0 bridgehead atoms. The summed E-state index contributed by atoms with van der Waals surface area (Å²) >= 11 is 0. The van der Waals surface area contributed by atoms with Crippen molar-refractivity contribution in [2.45, 2.75) is 39.7 Å². The van der Waals surface area contributed by atoms with Gasteiger partial charge in [-0.2, -0.15) is 0 Å². The lowest BCUT2D eigenvalue weighted by Gasteiger charge is -2.10. The molecule has 0 aliphatic carbocycles. The zero-order valence-electron chi connectivity index (χ0n) is 9.69. The molecule has 0 unspecified atom stereocenters. The van der Waals surface area contributed by atoms with E-state index in [1.54, 1.807) is 0 Å². The topological polar surface area (TPSA) is 59.3 Å². The van der Waals surface area contributed by atoms with Gasteiger partial charge in [0.15, 0.2) is 5.43 Å². The van der Waals surface area contributed by atoms with Crippen molar-refractivity contribution in [2.75, 3.05) is 0 Å². The third kappa shape index (κ3) is 2.95. The summed E-state index contributed by atoms with van der Waals surface area (Å²) in [4.78, 5) is 22.2. The van der Waals surface area contributed by atoms with Crippen LogP contribution in [0.25, 0.3) is 0 Å². The number of carboxylic acid groups (broad SMARTS) is 1. The molecule has 0 fully saturated rings. The lowest BCUT2D eigenvalue weighted by Crippen LogP contribution is -2.19. The normalized spacial score (nSPS) is 10.4. The van der Waals surface area contributed by atoms with Gasteiger partial charge < -0.3 is 9.67 Å². The third-order valence-corrected chi connectivity index (χ3v) is 2.58. The Bertz CT molecular complexity index is 434. The standard InChI is InChI=1S/C12H17NO3/c1-3-4-5-6-13-8-10(12(15)16)11(14)7-9(13)2/h7-8H,3-6H2,1-2H3,(H,15,16). The Morgan fingerprint density at radius 1 is 1.44 bits per heavy atom. The van der Waals surface area contributed by atoms with Crippen LogP contribution in [0.2, 0.25) is 0 Å². The molecule has 0 atom stereocenters. The lowest BCUT2D eigenvalue weighted by atomic mass is 10.2. The van der Waals surface area contributed by atoms with E-state index in [9.17, 15) is 9.59 Å². The van der Waals surface area contributed by atoms with Crippen LogP contribution >= 0.6 is 0 Å². The minimum absolute atomic E-state index is 0.151. The SMILES string of the molecule is CCCCCn1cc(C(=O)O)c(=O)cc1C. The van der Waals surface area contributed by atoms with E-state index in [0.717, 1.165) is 31.5 Å². The quantitative estimate of drug-likeness (QED) is 0.777. The van der Waals surface area contributed by atoms with Crippen LogP contribution in [0.15, 0.2) is 17.1 Å². The van der Waals surface area contributed by atoms with Gasteiger partial charge in [0.2, 0.25) is 0 Å². The van der Waals surface area contributed by atoms with Crippen molar-refractivity contribution < 1.29 is 9.90 Å². The summed E-state index contributed by atoms with van der Waals surface area (Å²) in [6.07, 6.45) is 4.66. The molecular formula is C12H17NO3. The van der Waals surface area contributed by atoms with E-state index in [4.69, 9.17) is 5.11 Å². The molecule has 1 aromatic heterocycles. The largest absolute Gasteiger partial charge is 0.477 e. The number of nitrogens with zero attached hydrogens (tertiary/aromatic N) is 1. The number of unbranched alkanes of at least 4 members (excludes halogenated alkanes) is 2. The molecule has 1 rings (SSSR count). The molecule has 16 heavy (non-hydrogen) atoms. The molecule has 1 N–H and O–H groups in total. The monoisotopic (exact) mass is 223 g/mol. The van der Waals surface area contributed by atoms with Crippen LogP contribution in [-0.4, -0.2) is 15.6 Å². The van der Waals surface area contributed by atoms with Crippen molar-refractivity contribution in [3.8, 4) is 0 Å². The van der Waals surface area contributed by atoms with E-state index in [0.29, 0.717) is 0 Å². The fourth-order valence-corrected chi connectivity index (χ4v) is 1.61. The van der Waals surface area contributed by atoms with E-state index >= 15 is 0 Å². The van der Waals surface area contributed by atoms with Gasteiger partial charge in [0.1, 0.15) is 5.56 Å². The summed E-state index contributed by atoms with van der Waals surface area (Å²) in [7, 11) is 0. The fraction of sp³-hybridized carbons (Fsp3) is 0.500. The molecule has 0 spiro atoms. The Hall–Kier alpha value is -1.58. The fourth-order valence-electron chi connectivity index (χ4n) is 1.61. The second-order valence-electron chi connectivity index (χ2n) is 3.90. The molecule has 4 heteroatoms. The molecule has 0 aliphatic heterocycles. The Kier molecular flexibility index (Phi) is 4.28. The van der Waals surface area contributed by atoms with Crippen LogP contribution in [0.3, 0.4) is 0 Å². The maximum atomic E-state index is 11.4. The first kappa shape index (κ1) is 12.5. The highest BCUT2D eigenvalue weighted by atomic mass is 16.4. The number of aromatic carboxylic acids is 1. The molecule has 0 aliphatic rings. The van der Waals surface area contributed by atoms with Gasteiger partial charge in [-0.25, -0.2) is 4.79 Å². The van der Waals surface area contributed by atoms with Crippen LogP contribution < -0.4 is 5.43 Å². The Morgan fingerprint density at radius 2 is 2.12 bits per heavy atom. The van der Waals surface area contributed by atoms with Crippen LogP contribution in [0, 0.1) is 6.92 Å². The zero-order valence-corrected chi connectivity index (χ0v) is 9.69. The van der Waals surface area contributed by atoms with Crippen LogP contribution in [-0.2, 0) is 6.54 Å². The van der Waals surface area contributed by atoms with Crippen LogP contribution in [0.5, 0.6) is 0 Å². The summed E-state index contributed by atoms with van der Waals surface area (Å²) in [5, 5.41) is 8.84. The number of pyridine rings is 1. The van der Waals surface area contributed by atoms with Crippen molar-refractivity contribution in [2.24, 2.45) is 0 Å². The van der Waals surface area contributed by atoms with Gasteiger partial charge >= 0.3 is 5.97 Å². The van der Waals surface area contributed by atoms with E-state index in [-0.39, 0.29) is 5.56 Å². The maximum absolute atomic E-state index is 11.4. The number of aromatic nitrogens is 1. The highest BCUT2D eigenvalue weighted by molar-refractivity contribution is 5.87. The second kappa shape index (κ2) is 5.49. The van der Waals surface area contributed by atoms with Gasteiger partial charge in [0.25, 0.3) is 0 Å². The summed E-state index contributed by atoms with van der Waals surface area (Å²) in [6.45, 7) is 4.69.